The summed E-state index contributed by atoms with van der Waals surface area (Å²) in [6.07, 6.45) is 2.98. The Balaban J connectivity index is 2.39. The summed E-state index contributed by atoms with van der Waals surface area (Å²) in [5, 5.41) is 3.59. The van der Waals surface area contributed by atoms with Gasteiger partial charge in [0, 0.05) is 26.2 Å². The second-order valence-corrected chi connectivity index (χ2v) is 8.41. The molecule has 2 unspecified atom stereocenters. The van der Waals surface area contributed by atoms with Crippen molar-refractivity contribution >= 4 is 6.09 Å². The topological polar surface area (TPSA) is 50.8 Å². The van der Waals surface area contributed by atoms with Gasteiger partial charge in [0.2, 0.25) is 0 Å². The van der Waals surface area contributed by atoms with E-state index in [0.29, 0.717) is 12.0 Å². The first kappa shape index (κ1) is 20.2. The molecule has 5 nitrogen and oxygen atoms in total. The minimum atomic E-state index is -0.428. The fourth-order valence-electron chi connectivity index (χ4n) is 2.98. The molecule has 0 saturated carbocycles. The van der Waals surface area contributed by atoms with Crippen LogP contribution in [-0.4, -0.2) is 55.0 Å². The normalized spacial score (nSPS) is 21.2. The average molecular weight is 328 g/mol. The molecule has 23 heavy (non-hydrogen) atoms. The van der Waals surface area contributed by atoms with E-state index in [4.69, 9.17) is 9.47 Å². The van der Waals surface area contributed by atoms with Crippen LogP contribution in [0.5, 0.6) is 0 Å². The van der Waals surface area contributed by atoms with Gasteiger partial charge in [-0.3, -0.25) is 0 Å². The van der Waals surface area contributed by atoms with Crippen molar-refractivity contribution in [1.82, 2.24) is 10.2 Å². The first-order valence-electron chi connectivity index (χ1n) is 8.79. The third-order valence-electron chi connectivity index (χ3n) is 4.28. The van der Waals surface area contributed by atoms with Crippen LogP contribution in [0, 0.1) is 5.92 Å². The summed E-state index contributed by atoms with van der Waals surface area (Å²) in [7, 11) is 1.76. The standard InChI is InChI=1S/C18H36N2O3/c1-14(11-18(5,6)22-7)19-12-15-9-8-10-20(13-15)16(21)23-17(2,3)4/h14-15,19H,8-13H2,1-7H3. The van der Waals surface area contributed by atoms with Crippen molar-refractivity contribution < 1.29 is 14.3 Å². The number of carbonyl (C=O) groups excluding carboxylic acids is 1. The van der Waals surface area contributed by atoms with E-state index in [9.17, 15) is 4.79 Å². The summed E-state index contributed by atoms with van der Waals surface area (Å²) in [6.45, 7) is 14.6. The zero-order chi connectivity index (χ0) is 17.7. The van der Waals surface area contributed by atoms with Crippen LogP contribution in [0.25, 0.3) is 0 Å². The highest BCUT2D eigenvalue weighted by Crippen LogP contribution is 2.20. The van der Waals surface area contributed by atoms with Crippen molar-refractivity contribution in [3.8, 4) is 0 Å². The van der Waals surface area contributed by atoms with Crippen molar-refractivity contribution in [1.29, 1.82) is 0 Å². The Kier molecular flexibility index (Phi) is 7.33. The molecule has 1 amide bonds. The van der Waals surface area contributed by atoms with Crippen molar-refractivity contribution in [3.63, 3.8) is 0 Å². The molecule has 1 fully saturated rings. The minimum Gasteiger partial charge on any atom is -0.444 e. The zero-order valence-corrected chi connectivity index (χ0v) is 16.1. The molecule has 1 rings (SSSR count). The summed E-state index contributed by atoms with van der Waals surface area (Å²) in [4.78, 5) is 14.0. The molecule has 1 aliphatic rings. The molecular formula is C18H36N2O3. The zero-order valence-electron chi connectivity index (χ0n) is 16.1. The smallest absolute Gasteiger partial charge is 0.410 e. The van der Waals surface area contributed by atoms with E-state index in [1.807, 2.05) is 25.7 Å². The molecule has 0 aromatic rings. The van der Waals surface area contributed by atoms with E-state index in [2.05, 4.69) is 26.1 Å². The lowest BCUT2D eigenvalue weighted by Gasteiger charge is -2.35. The lowest BCUT2D eigenvalue weighted by molar-refractivity contribution is 0.00727. The monoisotopic (exact) mass is 328 g/mol. The van der Waals surface area contributed by atoms with Crippen LogP contribution in [0.2, 0.25) is 0 Å². The first-order valence-corrected chi connectivity index (χ1v) is 8.79. The summed E-state index contributed by atoms with van der Waals surface area (Å²) in [5.41, 5.74) is -0.538. The lowest BCUT2D eigenvalue weighted by Crippen LogP contribution is -2.46. The predicted octanol–water partition coefficient (Wildman–Crippen LogP) is 3.43. The maximum atomic E-state index is 12.2. The van der Waals surface area contributed by atoms with Crippen LogP contribution in [0.3, 0.4) is 0 Å². The Morgan fingerprint density at radius 3 is 2.52 bits per heavy atom. The van der Waals surface area contributed by atoms with Crippen molar-refractivity contribution in [2.75, 3.05) is 26.7 Å². The Labute approximate surface area is 142 Å². The van der Waals surface area contributed by atoms with E-state index in [1.165, 1.54) is 0 Å². The van der Waals surface area contributed by atoms with Gasteiger partial charge >= 0.3 is 6.09 Å². The summed E-state index contributed by atoms with van der Waals surface area (Å²) < 4.78 is 11.0. The number of methoxy groups -OCH3 is 1. The second kappa shape index (κ2) is 8.34. The molecule has 1 saturated heterocycles. The number of nitrogens with one attached hydrogen (secondary N) is 1. The molecule has 0 bridgehead atoms. The van der Waals surface area contributed by atoms with Crippen LogP contribution in [-0.2, 0) is 9.47 Å². The van der Waals surface area contributed by atoms with Crippen LogP contribution in [0.15, 0.2) is 0 Å². The number of hydrogen-bond acceptors (Lipinski definition) is 4. The van der Waals surface area contributed by atoms with Gasteiger partial charge in [-0.1, -0.05) is 0 Å². The molecule has 2 atom stereocenters. The largest absolute Gasteiger partial charge is 0.444 e. The van der Waals surface area contributed by atoms with Gasteiger partial charge in [-0.2, -0.15) is 0 Å². The fourth-order valence-corrected chi connectivity index (χ4v) is 2.98. The van der Waals surface area contributed by atoms with Crippen LogP contribution >= 0.6 is 0 Å². The summed E-state index contributed by atoms with van der Waals surface area (Å²) >= 11 is 0. The van der Waals surface area contributed by atoms with Gasteiger partial charge in [0.15, 0.2) is 0 Å². The average Bonchev–Trinajstić information content (AvgIpc) is 2.43. The van der Waals surface area contributed by atoms with Crippen molar-refractivity contribution in [2.45, 2.75) is 78.0 Å². The number of carbonyl (C=O) groups is 1. The third kappa shape index (κ3) is 8.02. The molecule has 0 radical (unpaired) electrons. The van der Waals surface area contributed by atoms with Crippen LogP contribution in [0.1, 0.15) is 60.8 Å². The molecule has 1 aliphatic heterocycles. The van der Waals surface area contributed by atoms with E-state index < -0.39 is 5.60 Å². The Bertz CT molecular complexity index is 377. The van der Waals surface area contributed by atoms with Crippen LogP contribution in [0.4, 0.5) is 4.79 Å². The minimum absolute atomic E-state index is 0.110. The maximum Gasteiger partial charge on any atom is 0.410 e. The number of nitrogens with zero attached hydrogens (tertiary/aromatic N) is 1. The maximum absolute atomic E-state index is 12.2. The molecule has 136 valence electrons. The lowest BCUT2D eigenvalue weighted by atomic mass is 9.96. The predicted molar refractivity (Wildman–Crippen MR) is 93.7 cm³/mol. The number of likely N-dealkylation sites (tertiary alicyclic amines) is 1. The molecule has 1 N–H and O–H groups in total. The van der Waals surface area contributed by atoms with E-state index in [1.54, 1.807) is 7.11 Å². The van der Waals surface area contributed by atoms with E-state index in [-0.39, 0.29) is 11.7 Å². The van der Waals surface area contributed by atoms with Gasteiger partial charge < -0.3 is 19.7 Å². The highest BCUT2D eigenvalue weighted by Gasteiger charge is 2.28. The second-order valence-electron chi connectivity index (χ2n) is 8.41. The quantitative estimate of drug-likeness (QED) is 0.811. The van der Waals surface area contributed by atoms with Gasteiger partial charge in [-0.15, -0.1) is 0 Å². The van der Waals surface area contributed by atoms with Gasteiger partial charge in [-0.25, -0.2) is 4.79 Å². The Hall–Kier alpha value is -0.810. The van der Waals surface area contributed by atoms with Gasteiger partial charge in [0.1, 0.15) is 5.60 Å². The summed E-state index contributed by atoms with van der Waals surface area (Å²) in [6, 6.07) is 0.391. The molecule has 1 heterocycles. The molecule has 0 aromatic carbocycles. The van der Waals surface area contributed by atoms with Crippen molar-refractivity contribution in [2.24, 2.45) is 5.92 Å². The van der Waals surface area contributed by atoms with Gasteiger partial charge in [0.05, 0.1) is 5.60 Å². The number of hydrogen-bond donors (Lipinski definition) is 1. The molecule has 5 heteroatoms. The third-order valence-corrected chi connectivity index (χ3v) is 4.28. The Morgan fingerprint density at radius 1 is 1.30 bits per heavy atom. The van der Waals surface area contributed by atoms with Gasteiger partial charge in [-0.05, 0) is 73.3 Å². The number of piperidine rings is 1. The van der Waals surface area contributed by atoms with Gasteiger partial charge in [0.25, 0.3) is 0 Å². The summed E-state index contributed by atoms with van der Waals surface area (Å²) in [5.74, 6) is 0.490. The number of rotatable bonds is 6. The Morgan fingerprint density at radius 2 is 1.96 bits per heavy atom. The highest BCUT2D eigenvalue weighted by atomic mass is 16.6. The number of ether oxygens (including phenoxy) is 2. The first-order chi connectivity index (χ1) is 10.5. The molecule has 0 aliphatic carbocycles. The van der Waals surface area contributed by atoms with Crippen LogP contribution < -0.4 is 5.32 Å². The SMILES string of the molecule is COC(C)(C)CC(C)NCC1CCCN(C(=O)OC(C)(C)C)C1. The van der Waals surface area contributed by atoms with E-state index in [0.717, 1.165) is 38.9 Å². The van der Waals surface area contributed by atoms with Crippen molar-refractivity contribution in [3.05, 3.63) is 0 Å². The molecular weight excluding hydrogens is 292 g/mol. The molecule has 0 aromatic heterocycles. The fraction of sp³-hybridized carbons (Fsp3) is 0.944. The van der Waals surface area contributed by atoms with E-state index >= 15 is 0 Å². The highest BCUT2D eigenvalue weighted by molar-refractivity contribution is 5.68. The number of amides is 1. The molecule has 0 spiro atoms.